The van der Waals surface area contributed by atoms with Gasteiger partial charge in [-0.05, 0) is 99.6 Å². The van der Waals surface area contributed by atoms with Crippen LogP contribution in [0.5, 0.6) is 0 Å². The van der Waals surface area contributed by atoms with Crippen molar-refractivity contribution in [2.24, 2.45) is 0 Å². The lowest BCUT2D eigenvalue weighted by atomic mass is 9.77. The van der Waals surface area contributed by atoms with Crippen LogP contribution in [0.15, 0.2) is 47.0 Å². The van der Waals surface area contributed by atoms with Gasteiger partial charge in [0.15, 0.2) is 0 Å². The number of halogens is 1. The lowest BCUT2D eigenvalue weighted by Crippen LogP contribution is -2.25. The van der Waals surface area contributed by atoms with Gasteiger partial charge in [-0.3, -0.25) is 4.98 Å². The maximum absolute atomic E-state index is 14.2. The molecule has 5 rings (SSSR count). The highest BCUT2D eigenvalue weighted by molar-refractivity contribution is 6.03. The summed E-state index contributed by atoms with van der Waals surface area (Å²) >= 11 is 0. The van der Waals surface area contributed by atoms with E-state index in [-0.39, 0.29) is 0 Å². The number of benzene rings is 2. The SMILES string of the molecule is Cc1cc(-c2nccc3cc(C4CCC(C)(F)CC4)ccc23)c2oc(C)c(C)c2c1. The third-order valence-corrected chi connectivity index (χ3v) is 6.96. The van der Waals surface area contributed by atoms with Crippen molar-refractivity contribution in [3.63, 3.8) is 0 Å². The number of aromatic nitrogens is 1. The number of hydrogen-bond acceptors (Lipinski definition) is 2. The number of aryl methyl sites for hydroxylation is 3. The summed E-state index contributed by atoms with van der Waals surface area (Å²) in [4.78, 5) is 4.76. The Labute approximate surface area is 177 Å². The van der Waals surface area contributed by atoms with Crippen LogP contribution in [0.4, 0.5) is 4.39 Å². The van der Waals surface area contributed by atoms with Crippen LogP contribution in [0.1, 0.15) is 61.0 Å². The van der Waals surface area contributed by atoms with Crippen molar-refractivity contribution in [2.75, 3.05) is 0 Å². The van der Waals surface area contributed by atoms with Gasteiger partial charge in [-0.2, -0.15) is 0 Å². The van der Waals surface area contributed by atoms with E-state index in [9.17, 15) is 4.39 Å². The van der Waals surface area contributed by atoms with Crippen LogP contribution in [0, 0.1) is 20.8 Å². The lowest BCUT2D eigenvalue weighted by molar-refractivity contribution is 0.120. The number of furan rings is 1. The molecule has 3 heteroatoms. The number of rotatable bonds is 2. The maximum Gasteiger partial charge on any atom is 0.143 e. The van der Waals surface area contributed by atoms with E-state index in [1.54, 1.807) is 6.92 Å². The molecule has 0 bridgehead atoms. The highest BCUT2D eigenvalue weighted by Gasteiger charge is 2.31. The third kappa shape index (κ3) is 3.21. The predicted molar refractivity (Wildman–Crippen MR) is 122 cm³/mol. The van der Waals surface area contributed by atoms with Crippen LogP contribution >= 0.6 is 0 Å². The molecule has 2 nitrogen and oxygen atoms in total. The smallest absolute Gasteiger partial charge is 0.143 e. The molecule has 30 heavy (non-hydrogen) atoms. The Balaban J connectivity index is 1.62. The molecule has 0 saturated heterocycles. The Morgan fingerprint density at radius 2 is 1.77 bits per heavy atom. The average Bonchev–Trinajstić information content (AvgIpc) is 3.01. The van der Waals surface area contributed by atoms with E-state index in [1.165, 1.54) is 22.1 Å². The number of pyridine rings is 1. The molecule has 0 atom stereocenters. The van der Waals surface area contributed by atoms with Crippen molar-refractivity contribution in [1.82, 2.24) is 4.98 Å². The van der Waals surface area contributed by atoms with E-state index in [0.717, 1.165) is 46.2 Å². The zero-order valence-corrected chi connectivity index (χ0v) is 18.2. The second kappa shape index (κ2) is 6.94. The average molecular weight is 402 g/mol. The Bertz CT molecular complexity index is 1260. The lowest BCUT2D eigenvalue weighted by Gasteiger charge is -2.31. The molecule has 4 aromatic rings. The van der Waals surface area contributed by atoms with Crippen molar-refractivity contribution < 1.29 is 8.81 Å². The van der Waals surface area contributed by atoms with E-state index in [0.29, 0.717) is 18.8 Å². The van der Waals surface area contributed by atoms with E-state index < -0.39 is 5.67 Å². The van der Waals surface area contributed by atoms with Crippen molar-refractivity contribution in [1.29, 1.82) is 0 Å². The minimum absolute atomic E-state index is 0.441. The van der Waals surface area contributed by atoms with Crippen molar-refractivity contribution in [3.8, 4) is 11.3 Å². The first kappa shape index (κ1) is 19.3. The zero-order valence-electron chi connectivity index (χ0n) is 18.2. The van der Waals surface area contributed by atoms with E-state index in [4.69, 9.17) is 9.40 Å². The topological polar surface area (TPSA) is 26.0 Å². The molecule has 1 saturated carbocycles. The van der Waals surface area contributed by atoms with Gasteiger partial charge in [0.05, 0.1) is 5.69 Å². The van der Waals surface area contributed by atoms with Crippen LogP contribution in [0.2, 0.25) is 0 Å². The minimum atomic E-state index is -1.000. The van der Waals surface area contributed by atoms with Crippen LogP contribution < -0.4 is 0 Å². The van der Waals surface area contributed by atoms with E-state index in [1.807, 2.05) is 13.1 Å². The first-order valence-electron chi connectivity index (χ1n) is 10.9. The molecule has 154 valence electrons. The Hall–Kier alpha value is -2.68. The summed E-state index contributed by atoms with van der Waals surface area (Å²) in [7, 11) is 0. The first-order valence-corrected chi connectivity index (χ1v) is 10.9. The summed E-state index contributed by atoms with van der Waals surface area (Å²) in [6.45, 7) is 7.99. The fraction of sp³-hybridized carbons (Fsp3) is 0.370. The van der Waals surface area contributed by atoms with Crippen LogP contribution in [0.3, 0.4) is 0 Å². The second-order valence-electron chi connectivity index (χ2n) is 9.30. The minimum Gasteiger partial charge on any atom is -0.460 e. The number of fused-ring (bicyclic) bond motifs is 2. The van der Waals surface area contributed by atoms with Gasteiger partial charge >= 0.3 is 0 Å². The van der Waals surface area contributed by atoms with Gasteiger partial charge in [0.25, 0.3) is 0 Å². The molecule has 2 aromatic heterocycles. The maximum atomic E-state index is 14.2. The summed E-state index contributed by atoms with van der Waals surface area (Å²) in [6, 6.07) is 13.1. The highest BCUT2D eigenvalue weighted by atomic mass is 19.1. The van der Waals surface area contributed by atoms with Crippen molar-refractivity contribution >= 4 is 21.7 Å². The predicted octanol–water partition coefficient (Wildman–Crippen LogP) is 7.96. The van der Waals surface area contributed by atoms with Gasteiger partial charge in [0.2, 0.25) is 0 Å². The molecular formula is C27H28FNO. The monoisotopic (exact) mass is 401 g/mol. The van der Waals surface area contributed by atoms with Gasteiger partial charge in [0, 0.05) is 22.5 Å². The van der Waals surface area contributed by atoms with Gasteiger partial charge in [-0.15, -0.1) is 0 Å². The summed E-state index contributed by atoms with van der Waals surface area (Å²) < 4.78 is 20.4. The number of alkyl halides is 1. The molecule has 0 amide bonds. The van der Waals surface area contributed by atoms with Gasteiger partial charge in [0.1, 0.15) is 17.0 Å². The molecule has 0 N–H and O–H groups in total. The number of nitrogens with zero attached hydrogens (tertiary/aromatic N) is 1. The quantitative estimate of drug-likeness (QED) is 0.340. The van der Waals surface area contributed by atoms with Gasteiger partial charge < -0.3 is 4.42 Å². The molecule has 1 aliphatic rings. The van der Waals surface area contributed by atoms with Crippen molar-refractivity contribution in [2.45, 2.75) is 65.0 Å². The molecule has 0 spiro atoms. The summed E-state index contributed by atoms with van der Waals surface area (Å²) in [5, 5.41) is 3.47. The van der Waals surface area contributed by atoms with Crippen LogP contribution in [-0.4, -0.2) is 10.7 Å². The van der Waals surface area contributed by atoms with Crippen molar-refractivity contribution in [3.05, 3.63) is 65.0 Å². The second-order valence-corrected chi connectivity index (χ2v) is 9.30. The largest absolute Gasteiger partial charge is 0.460 e. The summed E-state index contributed by atoms with van der Waals surface area (Å²) in [6.07, 6.45) is 5.02. The van der Waals surface area contributed by atoms with E-state index >= 15 is 0 Å². The number of hydrogen-bond donors (Lipinski definition) is 0. The Kier molecular flexibility index (Phi) is 4.46. The van der Waals surface area contributed by atoms with Crippen LogP contribution in [-0.2, 0) is 0 Å². The van der Waals surface area contributed by atoms with Gasteiger partial charge in [-0.1, -0.05) is 18.2 Å². The molecule has 1 fully saturated rings. The van der Waals surface area contributed by atoms with Crippen LogP contribution in [0.25, 0.3) is 33.0 Å². The fourth-order valence-electron chi connectivity index (χ4n) is 4.97. The normalized spacial score (nSPS) is 22.1. The van der Waals surface area contributed by atoms with E-state index in [2.05, 4.69) is 50.2 Å². The third-order valence-electron chi connectivity index (χ3n) is 6.96. The Morgan fingerprint density at radius 3 is 2.53 bits per heavy atom. The fourth-order valence-corrected chi connectivity index (χ4v) is 4.97. The first-order chi connectivity index (χ1) is 14.3. The molecule has 0 radical (unpaired) electrons. The Morgan fingerprint density at radius 1 is 1.00 bits per heavy atom. The molecule has 2 heterocycles. The highest BCUT2D eigenvalue weighted by Crippen LogP contribution is 2.41. The van der Waals surface area contributed by atoms with Gasteiger partial charge in [-0.25, -0.2) is 4.39 Å². The standard InChI is InChI=1S/C27H28FNO/c1-16-13-23-17(2)18(3)30-26(23)24(14-16)25-22-6-5-20(15-21(22)9-12-29-25)19-7-10-27(4,28)11-8-19/h5-6,9,12-15,19H,7-8,10-11H2,1-4H3. The molecule has 0 unspecified atom stereocenters. The zero-order chi connectivity index (χ0) is 21.0. The molecule has 2 aromatic carbocycles. The molecule has 0 aliphatic heterocycles. The molecule has 1 aliphatic carbocycles. The summed E-state index contributed by atoms with van der Waals surface area (Å²) in [5.41, 5.74) is 5.62. The summed E-state index contributed by atoms with van der Waals surface area (Å²) in [5.74, 6) is 1.40. The molecular weight excluding hydrogens is 373 g/mol.